The molecule has 0 aliphatic rings. The van der Waals surface area contributed by atoms with E-state index in [4.69, 9.17) is 4.74 Å². The van der Waals surface area contributed by atoms with Crippen molar-refractivity contribution >= 4 is 22.3 Å². The van der Waals surface area contributed by atoms with Crippen LogP contribution in [0.3, 0.4) is 0 Å². The van der Waals surface area contributed by atoms with Crippen LogP contribution in [-0.2, 0) is 4.74 Å². The van der Waals surface area contributed by atoms with Crippen molar-refractivity contribution in [2.24, 2.45) is 0 Å². The average molecular weight is 277 g/mol. The number of aromatic nitrogens is 1. The Morgan fingerprint density at radius 3 is 2.95 bits per heavy atom. The number of aliphatic hydroxyl groups excluding tert-OH is 1. The molecule has 106 valence electrons. The molecule has 2 rings (SSSR count). The number of nitro benzene ring substituents is 1. The summed E-state index contributed by atoms with van der Waals surface area (Å²) in [6, 6.07) is 6.18. The second-order valence-electron chi connectivity index (χ2n) is 4.27. The van der Waals surface area contributed by atoms with Gasteiger partial charge in [0.15, 0.2) is 0 Å². The van der Waals surface area contributed by atoms with E-state index in [2.05, 4.69) is 10.3 Å². The Kier molecular flexibility index (Phi) is 4.44. The van der Waals surface area contributed by atoms with Gasteiger partial charge < -0.3 is 15.2 Å². The molecule has 0 saturated carbocycles. The number of hydrogen-bond acceptors (Lipinski definition) is 6. The topological polar surface area (TPSA) is 97.5 Å². The van der Waals surface area contributed by atoms with Gasteiger partial charge in [0.1, 0.15) is 5.52 Å². The van der Waals surface area contributed by atoms with Crippen LogP contribution in [0.25, 0.3) is 10.9 Å². The van der Waals surface area contributed by atoms with Crippen molar-refractivity contribution in [3.05, 3.63) is 40.6 Å². The highest BCUT2D eigenvalue weighted by atomic mass is 16.6. The molecule has 20 heavy (non-hydrogen) atoms. The second-order valence-corrected chi connectivity index (χ2v) is 4.27. The first-order chi connectivity index (χ1) is 9.67. The molecular weight excluding hydrogens is 262 g/mol. The van der Waals surface area contributed by atoms with Crippen LogP contribution < -0.4 is 5.32 Å². The first kappa shape index (κ1) is 14.2. The monoisotopic (exact) mass is 277 g/mol. The fraction of sp³-hybridized carbons (Fsp3) is 0.308. The number of pyridine rings is 1. The van der Waals surface area contributed by atoms with Crippen molar-refractivity contribution in [1.29, 1.82) is 0 Å². The summed E-state index contributed by atoms with van der Waals surface area (Å²) in [5, 5.41) is 24.0. The Bertz CT molecular complexity index is 618. The number of benzene rings is 1. The summed E-state index contributed by atoms with van der Waals surface area (Å²) in [6.07, 6.45) is 1.51. The normalized spacial score (nSPS) is 12.3. The zero-order valence-electron chi connectivity index (χ0n) is 10.9. The van der Waals surface area contributed by atoms with Gasteiger partial charge in [0.2, 0.25) is 0 Å². The summed E-state index contributed by atoms with van der Waals surface area (Å²) >= 11 is 0. The molecule has 1 heterocycles. The van der Waals surface area contributed by atoms with E-state index in [0.29, 0.717) is 23.2 Å². The first-order valence-electron chi connectivity index (χ1n) is 6.05. The SMILES string of the molecule is COCC(CO)Nc1ccc([N+](=O)[O-])c2ncccc12. The molecule has 0 spiro atoms. The Balaban J connectivity index is 2.45. The molecule has 0 radical (unpaired) electrons. The average Bonchev–Trinajstić information content (AvgIpc) is 2.46. The van der Waals surface area contributed by atoms with Crippen LogP contribution >= 0.6 is 0 Å². The largest absolute Gasteiger partial charge is 0.394 e. The summed E-state index contributed by atoms with van der Waals surface area (Å²) in [4.78, 5) is 14.6. The molecule has 0 bridgehead atoms. The number of nitrogens with one attached hydrogen (secondary N) is 1. The minimum Gasteiger partial charge on any atom is -0.394 e. The van der Waals surface area contributed by atoms with Crippen molar-refractivity contribution in [1.82, 2.24) is 4.98 Å². The van der Waals surface area contributed by atoms with Gasteiger partial charge in [0, 0.05) is 30.4 Å². The lowest BCUT2D eigenvalue weighted by atomic mass is 10.1. The molecule has 1 atom stereocenters. The maximum atomic E-state index is 11.0. The lowest BCUT2D eigenvalue weighted by Crippen LogP contribution is -2.28. The number of non-ortho nitro benzene ring substituents is 1. The van der Waals surface area contributed by atoms with Crippen molar-refractivity contribution in [3.63, 3.8) is 0 Å². The van der Waals surface area contributed by atoms with Gasteiger partial charge in [-0.2, -0.15) is 0 Å². The maximum absolute atomic E-state index is 11.0. The number of nitro groups is 1. The summed E-state index contributed by atoms with van der Waals surface area (Å²) in [6.45, 7) is 0.224. The van der Waals surface area contributed by atoms with E-state index in [1.165, 1.54) is 12.3 Å². The molecule has 7 heteroatoms. The highest BCUT2D eigenvalue weighted by Gasteiger charge is 2.16. The maximum Gasteiger partial charge on any atom is 0.295 e. The molecular formula is C13H15N3O4. The Hall–Kier alpha value is -2.25. The van der Waals surface area contributed by atoms with Crippen LogP contribution in [0.5, 0.6) is 0 Å². The smallest absolute Gasteiger partial charge is 0.295 e. The quantitative estimate of drug-likeness (QED) is 0.614. The summed E-state index contributed by atoms with van der Waals surface area (Å²) < 4.78 is 4.99. The van der Waals surface area contributed by atoms with Crippen LogP contribution in [0, 0.1) is 10.1 Å². The zero-order chi connectivity index (χ0) is 14.5. The van der Waals surface area contributed by atoms with E-state index < -0.39 is 4.92 Å². The summed E-state index contributed by atoms with van der Waals surface area (Å²) in [5.74, 6) is 0. The van der Waals surface area contributed by atoms with Gasteiger partial charge in [-0.3, -0.25) is 10.1 Å². The van der Waals surface area contributed by atoms with E-state index in [-0.39, 0.29) is 18.3 Å². The minimum absolute atomic E-state index is 0.0431. The van der Waals surface area contributed by atoms with Gasteiger partial charge in [0.25, 0.3) is 5.69 Å². The van der Waals surface area contributed by atoms with E-state index in [9.17, 15) is 15.2 Å². The fourth-order valence-corrected chi connectivity index (χ4v) is 1.99. The van der Waals surface area contributed by atoms with Crippen LogP contribution in [0.2, 0.25) is 0 Å². The van der Waals surface area contributed by atoms with Crippen LogP contribution in [-0.4, -0.2) is 41.4 Å². The molecule has 0 amide bonds. The third-order valence-electron chi connectivity index (χ3n) is 2.89. The standard InChI is InChI=1S/C13H15N3O4/c1-20-8-9(7-17)15-11-4-5-12(16(18)19)13-10(11)3-2-6-14-13/h2-6,9,15,17H,7-8H2,1H3. The molecule has 7 nitrogen and oxygen atoms in total. The van der Waals surface area contributed by atoms with E-state index in [1.807, 2.05) is 0 Å². The van der Waals surface area contributed by atoms with Gasteiger partial charge in [-0.05, 0) is 18.2 Å². The molecule has 1 aromatic carbocycles. The lowest BCUT2D eigenvalue weighted by molar-refractivity contribution is -0.383. The highest BCUT2D eigenvalue weighted by Crippen LogP contribution is 2.29. The number of anilines is 1. The van der Waals surface area contributed by atoms with Crippen molar-refractivity contribution < 1.29 is 14.8 Å². The van der Waals surface area contributed by atoms with Crippen LogP contribution in [0.1, 0.15) is 0 Å². The first-order valence-corrected chi connectivity index (χ1v) is 6.05. The number of fused-ring (bicyclic) bond motifs is 1. The molecule has 0 fully saturated rings. The van der Waals surface area contributed by atoms with Gasteiger partial charge in [0.05, 0.1) is 24.2 Å². The van der Waals surface area contributed by atoms with Gasteiger partial charge in [-0.25, -0.2) is 4.98 Å². The number of rotatable bonds is 6. The molecule has 1 unspecified atom stereocenters. The summed E-state index contributed by atoms with van der Waals surface area (Å²) in [5.41, 5.74) is 0.949. The van der Waals surface area contributed by atoms with Crippen molar-refractivity contribution in [3.8, 4) is 0 Å². The number of methoxy groups -OCH3 is 1. The Labute approximate surface area is 115 Å². The van der Waals surface area contributed by atoms with Crippen molar-refractivity contribution in [2.45, 2.75) is 6.04 Å². The molecule has 0 aliphatic carbocycles. The number of aliphatic hydroxyl groups is 1. The number of hydrogen-bond donors (Lipinski definition) is 2. The third-order valence-corrected chi connectivity index (χ3v) is 2.89. The molecule has 2 aromatic rings. The van der Waals surface area contributed by atoms with E-state index in [1.54, 1.807) is 25.3 Å². The van der Waals surface area contributed by atoms with E-state index >= 15 is 0 Å². The van der Waals surface area contributed by atoms with E-state index in [0.717, 1.165) is 0 Å². The number of ether oxygens (including phenoxy) is 1. The fourth-order valence-electron chi connectivity index (χ4n) is 1.99. The van der Waals surface area contributed by atoms with Crippen LogP contribution in [0.15, 0.2) is 30.5 Å². The predicted molar refractivity (Wildman–Crippen MR) is 74.8 cm³/mol. The van der Waals surface area contributed by atoms with Crippen LogP contribution in [0.4, 0.5) is 11.4 Å². The Morgan fingerprint density at radius 2 is 2.30 bits per heavy atom. The lowest BCUT2D eigenvalue weighted by Gasteiger charge is -2.17. The van der Waals surface area contributed by atoms with Gasteiger partial charge in [-0.1, -0.05) is 0 Å². The minimum atomic E-state index is -0.461. The molecule has 2 N–H and O–H groups in total. The zero-order valence-corrected chi connectivity index (χ0v) is 10.9. The summed E-state index contributed by atoms with van der Waals surface area (Å²) in [7, 11) is 1.54. The van der Waals surface area contributed by atoms with Crippen molar-refractivity contribution in [2.75, 3.05) is 25.6 Å². The molecule has 0 saturated heterocycles. The molecule has 0 aliphatic heterocycles. The second kappa shape index (κ2) is 6.27. The Morgan fingerprint density at radius 1 is 1.50 bits per heavy atom. The highest BCUT2D eigenvalue weighted by molar-refractivity contribution is 5.96. The van der Waals surface area contributed by atoms with Gasteiger partial charge >= 0.3 is 0 Å². The predicted octanol–water partition coefficient (Wildman–Crippen LogP) is 1.56. The van der Waals surface area contributed by atoms with Gasteiger partial charge in [-0.15, -0.1) is 0 Å². The number of nitrogens with zero attached hydrogens (tertiary/aromatic N) is 2. The molecule has 1 aromatic heterocycles. The third kappa shape index (κ3) is 2.84.